The van der Waals surface area contributed by atoms with E-state index in [0.717, 1.165) is 45.0 Å². The lowest BCUT2D eigenvalue weighted by atomic mass is 10.1. The van der Waals surface area contributed by atoms with E-state index in [1.54, 1.807) is 0 Å². The Morgan fingerprint density at radius 2 is 1.89 bits per heavy atom. The number of hydrogen-bond donors (Lipinski definition) is 2. The Kier molecular flexibility index (Phi) is 4.16. The SMILES string of the molecule is CC(C)(O)CN1CCN(Cc2nnsc2N)CC1. The van der Waals surface area contributed by atoms with E-state index in [-0.39, 0.29) is 0 Å². The molecule has 0 aromatic carbocycles. The summed E-state index contributed by atoms with van der Waals surface area (Å²) in [5.41, 5.74) is 6.06. The summed E-state index contributed by atoms with van der Waals surface area (Å²) in [5.74, 6) is 0. The van der Waals surface area contributed by atoms with Crippen molar-refractivity contribution >= 4 is 16.5 Å². The van der Waals surface area contributed by atoms with Gasteiger partial charge in [-0.1, -0.05) is 4.49 Å². The predicted octanol–water partition coefficient (Wildman–Crippen LogP) is 0.00880. The van der Waals surface area contributed by atoms with Gasteiger partial charge in [-0.25, -0.2) is 0 Å². The van der Waals surface area contributed by atoms with Crippen LogP contribution in [0, 0.1) is 0 Å². The van der Waals surface area contributed by atoms with Crippen LogP contribution in [0.2, 0.25) is 0 Å². The number of nitrogens with zero attached hydrogens (tertiary/aromatic N) is 4. The molecule has 18 heavy (non-hydrogen) atoms. The summed E-state index contributed by atoms with van der Waals surface area (Å²) in [4.78, 5) is 4.62. The standard InChI is InChI=1S/C11H21N5OS/c1-11(2,17)8-16-5-3-15(4-6-16)7-9-10(12)18-14-13-9/h17H,3-8,12H2,1-2H3. The molecule has 1 aliphatic rings. The predicted molar refractivity (Wildman–Crippen MR) is 72.3 cm³/mol. The van der Waals surface area contributed by atoms with Crippen LogP contribution in [0.25, 0.3) is 0 Å². The van der Waals surface area contributed by atoms with Gasteiger partial charge in [0.05, 0.1) is 5.60 Å². The average Bonchev–Trinajstić information content (AvgIpc) is 2.65. The van der Waals surface area contributed by atoms with Crippen molar-refractivity contribution in [3.8, 4) is 0 Å². The lowest BCUT2D eigenvalue weighted by Crippen LogP contribution is -2.50. The van der Waals surface area contributed by atoms with E-state index in [4.69, 9.17) is 5.73 Å². The molecule has 0 aliphatic carbocycles. The van der Waals surface area contributed by atoms with E-state index in [1.807, 2.05) is 13.8 Å². The molecule has 0 saturated carbocycles. The molecule has 1 aromatic rings. The van der Waals surface area contributed by atoms with Crippen LogP contribution in [-0.2, 0) is 6.54 Å². The maximum absolute atomic E-state index is 9.79. The third kappa shape index (κ3) is 3.88. The minimum Gasteiger partial charge on any atom is -0.389 e. The van der Waals surface area contributed by atoms with Crippen molar-refractivity contribution in [2.75, 3.05) is 38.5 Å². The topological polar surface area (TPSA) is 78.5 Å². The van der Waals surface area contributed by atoms with Crippen LogP contribution in [0.4, 0.5) is 5.00 Å². The Bertz CT molecular complexity index is 381. The summed E-state index contributed by atoms with van der Waals surface area (Å²) >= 11 is 1.25. The highest BCUT2D eigenvalue weighted by Gasteiger charge is 2.23. The summed E-state index contributed by atoms with van der Waals surface area (Å²) in [6, 6.07) is 0. The lowest BCUT2D eigenvalue weighted by molar-refractivity contribution is 0.0165. The molecule has 7 heteroatoms. The molecule has 1 saturated heterocycles. The normalized spacial score (nSPS) is 19.3. The number of hydrogen-bond acceptors (Lipinski definition) is 7. The number of β-amino-alcohol motifs (C(OH)–C–C–N with tert-alkyl or cyclic N) is 1. The van der Waals surface area contributed by atoms with E-state index in [2.05, 4.69) is 19.4 Å². The second-order valence-electron chi connectivity index (χ2n) is 5.45. The van der Waals surface area contributed by atoms with Crippen molar-refractivity contribution in [2.45, 2.75) is 26.0 Å². The monoisotopic (exact) mass is 271 g/mol. The molecule has 0 bridgehead atoms. The molecule has 0 spiro atoms. The van der Waals surface area contributed by atoms with Crippen molar-refractivity contribution in [3.05, 3.63) is 5.69 Å². The van der Waals surface area contributed by atoms with E-state index in [0.29, 0.717) is 5.00 Å². The van der Waals surface area contributed by atoms with Crippen LogP contribution in [0.3, 0.4) is 0 Å². The fraction of sp³-hybridized carbons (Fsp3) is 0.818. The van der Waals surface area contributed by atoms with Crippen molar-refractivity contribution < 1.29 is 5.11 Å². The first-order valence-electron chi connectivity index (χ1n) is 6.18. The fourth-order valence-electron chi connectivity index (χ4n) is 2.19. The molecule has 102 valence electrons. The first-order chi connectivity index (χ1) is 8.44. The Labute approximate surface area is 112 Å². The van der Waals surface area contributed by atoms with E-state index < -0.39 is 5.60 Å². The third-order valence-corrected chi connectivity index (χ3v) is 3.63. The Morgan fingerprint density at radius 3 is 2.39 bits per heavy atom. The van der Waals surface area contributed by atoms with Gasteiger partial charge < -0.3 is 10.8 Å². The van der Waals surface area contributed by atoms with Gasteiger partial charge in [0.25, 0.3) is 0 Å². The number of rotatable bonds is 4. The van der Waals surface area contributed by atoms with Gasteiger partial charge in [0.15, 0.2) is 0 Å². The molecule has 0 atom stereocenters. The zero-order chi connectivity index (χ0) is 13.2. The molecule has 2 heterocycles. The number of aromatic nitrogens is 2. The molecular weight excluding hydrogens is 250 g/mol. The van der Waals surface area contributed by atoms with Gasteiger partial charge in [-0.3, -0.25) is 9.80 Å². The smallest absolute Gasteiger partial charge is 0.132 e. The zero-order valence-electron chi connectivity index (χ0n) is 11.0. The molecule has 6 nitrogen and oxygen atoms in total. The summed E-state index contributed by atoms with van der Waals surface area (Å²) in [7, 11) is 0. The molecular formula is C11H21N5OS. The Hall–Kier alpha value is -0.760. The van der Waals surface area contributed by atoms with E-state index in [1.165, 1.54) is 11.5 Å². The van der Waals surface area contributed by atoms with Crippen LogP contribution < -0.4 is 5.73 Å². The zero-order valence-corrected chi connectivity index (χ0v) is 11.8. The number of nitrogens with two attached hydrogens (primary N) is 1. The fourth-order valence-corrected chi connectivity index (χ4v) is 2.63. The van der Waals surface area contributed by atoms with Crippen LogP contribution in [0.1, 0.15) is 19.5 Å². The van der Waals surface area contributed by atoms with Crippen molar-refractivity contribution in [3.63, 3.8) is 0 Å². The quantitative estimate of drug-likeness (QED) is 0.803. The highest BCUT2D eigenvalue weighted by molar-refractivity contribution is 7.09. The van der Waals surface area contributed by atoms with Crippen LogP contribution >= 0.6 is 11.5 Å². The maximum atomic E-state index is 9.79. The lowest BCUT2D eigenvalue weighted by Gasteiger charge is -2.37. The number of piperazine rings is 1. The number of aliphatic hydroxyl groups is 1. The maximum Gasteiger partial charge on any atom is 0.132 e. The Balaban J connectivity index is 1.79. The van der Waals surface area contributed by atoms with Crippen LogP contribution in [0.5, 0.6) is 0 Å². The van der Waals surface area contributed by atoms with E-state index in [9.17, 15) is 5.11 Å². The van der Waals surface area contributed by atoms with Crippen LogP contribution in [-0.4, -0.2) is 62.8 Å². The highest BCUT2D eigenvalue weighted by Crippen LogP contribution is 2.16. The summed E-state index contributed by atoms with van der Waals surface area (Å²) in [6.07, 6.45) is 0. The summed E-state index contributed by atoms with van der Waals surface area (Å²) < 4.78 is 3.85. The minimum atomic E-state index is -0.620. The number of nitrogen functional groups attached to an aromatic ring is 1. The first kappa shape index (κ1) is 13.7. The van der Waals surface area contributed by atoms with Crippen molar-refractivity contribution in [1.29, 1.82) is 0 Å². The van der Waals surface area contributed by atoms with E-state index >= 15 is 0 Å². The number of anilines is 1. The third-order valence-electron chi connectivity index (χ3n) is 3.03. The highest BCUT2D eigenvalue weighted by atomic mass is 32.1. The second kappa shape index (κ2) is 5.48. The molecule has 1 aromatic heterocycles. The summed E-state index contributed by atoms with van der Waals surface area (Å²) in [6.45, 7) is 9.10. The minimum absolute atomic E-state index is 0.620. The van der Waals surface area contributed by atoms with Crippen molar-refractivity contribution in [2.24, 2.45) is 0 Å². The van der Waals surface area contributed by atoms with Gasteiger partial charge >= 0.3 is 0 Å². The summed E-state index contributed by atoms with van der Waals surface area (Å²) in [5, 5.41) is 14.5. The second-order valence-corrected chi connectivity index (χ2v) is 6.23. The largest absolute Gasteiger partial charge is 0.389 e. The molecule has 3 N–H and O–H groups in total. The van der Waals surface area contributed by atoms with Crippen molar-refractivity contribution in [1.82, 2.24) is 19.4 Å². The van der Waals surface area contributed by atoms with Gasteiger partial charge in [-0.05, 0) is 13.8 Å². The molecule has 1 fully saturated rings. The average molecular weight is 271 g/mol. The van der Waals surface area contributed by atoms with Gasteiger partial charge in [0.2, 0.25) is 0 Å². The molecule has 0 unspecified atom stereocenters. The van der Waals surface area contributed by atoms with Gasteiger partial charge in [0.1, 0.15) is 10.7 Å². The Morgan fingerprint density at radius 1 is 1.28 bits per heavy atom. The molecule has 1 aliphatic heterocycles. The van der Waals surface area contributed by atoms with Gasteiger partial charge in [0, 0.05) is 50.8 Å². The first-order valence-corrected chi connectivity index (χ1v) is 6.95. The molecule has 2 rings (SSSR count). The van der Waals surface area contributed by atoms with Gasteiger partial charge in [-0.2, -0.15) is 0 Å². The molecule has 0 radical (unpaired) electrons. The molecule has 0 amide bonds. The van der Waals surface area contributed by atoms with Crippen LogP contribution in [0.15, 0.2) is 0 Å². The van der Waals surface area contributed by atoms with Gasteiger partial charge in [-0.15, -0.1) is 5.10 Å².